The summed E-state index contributed by atoms with van der Waals surface area (Å²) in [7, 11) is 5.86. The van der Waals surface area contributed by atoms with Gasteiger partial charge in [0, 0.05) is 37.7 Å². The Morgan fingerprint density at radius 3 is 1.95 bits per heavy atom. The van der Waals surface area contributed by atoms with Crippen LogP contribution in [0.2, 0.25) is 0 Å². The summed E-state index contributed by atoms with van der Waals surface area (Å²) in [5, 5.41) is 7.58. The van der Waals surface area contributed by atoms with Gasteiger partial charge in [-0.3, -0.25) is 0 Å². The predicted molar refractivity (Wildman–Crippen MR) is 84.3 cm³/mol. The van der Waals surface area contributed by atoms with E-state index in [9.17, 15) is 0 Å². The van der Waals surface area contributed by atoms with Crippen molar-refractivity contribution < 1.29 is 37.7 Å². The van der Waals surface area contributed by atoms with Gasteiger partial charge in [-0.25, -0.2) is 0 Å². The number of rotatable bonds is 0. The minimum atomic E-state index is 0. The van der Waals surface area contributed by atoms with E-state index in [2.05, 4.69) is 54.6 Å². The molecular formula is C18H11BHo. The molecule has 0 unspecified atom stereocenters. The van der Waals surface area contributed by atoms with Gasteiger partial charge in [-0.05, 0) is 44.5 Å². The largest absolute Gasteiger partial charge is 0.113 e. The van der Waals surface area contributed by atoms with Crippen molar-refractivity contribution in [2.45, 2.75) is 0 Å². The molecule has 0 aliphatic carbocycles. The van der Waals surface area contributed by atoms with Crippen molar-refractivity contribution in [2.24, 2.45) is 0 Å². The molecule has 0 bridgehead atoms. The monoisotopic (exact) mass is 403 g/mol. The number of hydrogen-bond acceptors (Lipinski definition) is 0. The first-order chi connectivity index (χ1) is 9.31. The first kappa shape index (κ1) is 13.9. The second-order valence-electron chi connectivity index (χ2n) is 4.97. The molecule has 0 aliphatic heterocycles. The molecule has 0 saturated heterocycles. The predicted octanol–water partition coefficient (Wildman–Crippen LogP) is 3.94. The third-order valence-electron chi connectivity index (χ3n) is 3.73. The minimum absolute atomic E-state index is 0. The Morgan fingerprint density at radius 1 is 0.550 bits per heavy atom. The van der Waals surface area contributed by atoms with E-state index in [-0.39, 0.29) is 37.7 Å². The first-order valence-corrected chi connectivity index (χ1v) is 6.42. The van der Waals surface area contributed by atoms with Gasteiger partial charge < -0.3 is 0 Å². The van der Waals surface area contributed by atoms with Crippen molar-refractivity contribution in [1.29, 1.82) is 0 Å². The van der Waals surface area contributed by atoms with Gasteiger partial charge >= 0.3 is 0 Å². The van der Waals surface area contributed by atoms with Gasteiger partial charge in [0.1, 0.15) is 7.85 Å². The zero-order valence-corrected chi connectivity index (χ0v) is 12.7. The van der Waals surface area contributed by atoms with E-state index < -0.39 is 0 Å². The zero-order valence-electron chi connectivity index (χ0n) is 10.7. The molecule has 2 heteroatoms. The Morgan fingerprint density at radius 2 is 1.20 bits per heavy atom. The topological polar surface area (TPSA) is 0 Å². The van der Waals surface area contributed by atoms with E-state index in [4.69, 9.17) is 7.85 Å². The molecule has 0 spiro atoms. The maximum atomic E-state index is 5.86. The summed E-state index contributed by atoms with van der Waals surface area (Å²) in [5.74, 6) is 0. The molecular weight excluding hydrogens is 392 g/mol. The molecule has 0 aromatic heterocycles. The molecule has 4 aromatic carbocycles. The fourth-order valence-electron chi connectivity index (χ4n) is 2.77. The van der Waals surface area contributed by atoms with Gasteiger partial charge in [0.2, 0.25) is 0 Å². The summed E-state index contributed by atoms with van der Waals surface area (Å²) < 4.78 is 0. The molecule has 4 rings (SSSR count). The zero-order chi connectivity index (χ0) is 12.8. The van der Waals surface area contributed by atoms with Crippen molar-refractivity contribution in [3.8, 4) is 0 Å². The van der Waals surface area contributed by atoms with Gasteiger partial charge in [-0.15, -0.1) is 0 Å². The Balaban J connectivity index is 0.00000121. The Hall–Kier alpha value is -1.02. The molecule has 3 radical (unpaired) electrons. The van der Waals surface area contributed by atoms with E-state index in [1.807, 2.05) is 12.1 Å². The van der Waals surface area contributed by atoms with Crippen LogP contribution in [0.4, 0.5) is 0 Å². The summed E-state index contributed by atoms with van der Waals surface area (Å²) in [6.45, 7) is 0. The van der Waals surface area contributed by atoms with Crippen molar-refractivity contribution in [2.75, 3.05) is 0 Å². The SMILES string of the molecule is [B]c1ccc2c(ccc3cc4ccccc4cc32)c1.[Ho]. The number of benzene rings is 4. The Bertz CT molecular complexity index is 928. The van der Waals surface area contributed by atoms with Crippen LogP contribution in [-0.2, 0) is 0 Å². The molecule has 4 aromatic rings. The summed E-state index contributed by atoms with van der Waals surface area (Å²) in [4.78, 5) is 0. The standard InChI is InChI=1S/C18H11B.Ho/c19-16-7-8-17-15(10-16)6-5-14-9-12-3-1-2-4-13(12)11-18(14)17;/h1-11H;. The summed E-state index contributed by atoms with van der Waals surface area (Å²) in [6, 6.07) is 23.4. The van der Waals surface area contributed by atoms with E-state index in [1.54, 1.807) is 0 Å². The van der Waals surface area contributed by atoms with E-state index in [0.29, 0.717) is 0 Å². The molecule has 0 amide bonds. The molecule has 0 atom stereocenters. The van der Waals surface area contributed by atoms with Crippen LogP contribution in [0.15, 0.2) is 66.7 Å². The smallest absolute Gasteiger partial charge is 0.0960 e. The molecule has 0 fully saturated rings. The number of fused-ring (bicyclic) bond motifs is 4. The van der Waals surface area contributed by atoms with Gasteiger partial charge in [0.05, 0.1) is 0 Å². The van der Waals surface area contributed by atoms with Gasteiger partial charge in [0.25, 0.3) is 0 Å². The van der Waals surface area contributed by atoms with Crippen LogP contribution in [0.1, 0.15) is 0 Å². The van der Waals surface area contributed by atoms with Crippen molar-refractivity contribution >= 4 is 45.6 Å². The fourth-order valence-corrected chi connectivity index (χ4v) is 2.77. The summed E-state index contributed by atoms with van der Waals surface area (Å²) in [5.41, 5.74) is 0.813. The van der Waals surface area contributed by atoms with Crippen LogP contribution in [-0.4, -0.2) is 7.85 Å². The third-order valence-corrected chi connectivity index (χ3v) is 3.73. The van der Waals surface area contributed by atoms with Crippen LogP contribution in [0.25, 0.3) is 32.3 Å². The fraction of sp³-hybridized carbons (Fsp3) is 0. The second kappa shape index (κ2) is 5.40. The van der Waals surface area contributed by atoms with Crippen LogP contribution in [0, 0.1) is 37.7 Å². The Labute approximate surface area is 149 Å². The Kier molecular flexibility index (Phi) is 3.77. The molecule has 0 heterocycles. The van der Waals surface area contributed by atoms with Gasteiger partial charge in [-0.2, -0.15) is 0 Å². The minimum Gasteiger partial charge on any atom is -0.0960 e. The van der Waals surface area contributed by atoms with E-state index >= 15 is 0 Å². The van der Waals surface area contributed by atoms with Crippen LogP contribution in [0.3, 0.4) is 0 Å². The number of hydrogen-bond donors (Lipinski definition) is 0. The molecule has 0 aliphatic rings. The van der Waals surface area contributed by atoms with Crippen LogP contribution >= 0.6 is 0 Å². The first-order valence-electron chi connectivity index (χ1n) is 6.42. The van der Waals surface area contributed by atoms with Crippen molar-refractivity contribution in [3.05, 3.63) is 66.7 Å². The average molecular weight is 403 g/mol. The normalized spacial score (nSPS) is 10.8. The quantitative estimate of drug-likeness (QED) is 0.237. The van der Waals surface area contributed by atoms with E-state index in [0.717, 1.165) is 5.46 Å². The van der Waals surface area contributed by atoms with Crippen molar-refractivity contribution in [3.63, 3.8) is 0 Å². The van der Waals surface area contributed by atoms with Gasteiger partial charge in [0.15, 0.2) is 0 Å². The molecule has 97 valence electrons. The molecule has 0 nitrogen and oxygen atoms in total. The molecule has 20 heavy (non-hydrogen) atoms. The van der Waals surface area contributed by atoms with Crippen LogP contribution in [0.5, 0.6) is 0 Å². The van der Waals surface area contributed by atoms with E-state index in [1.165, 1.54) is 32.3 Å². The maximum absolute atomic E-state index is 5.86. The average Bonchev–Trinajstić information content (AvgIpc) is 2.44. The van der Waals surface area contributed by atoms with Crippen molar-refractivity contribution in [1.82, 2.24) is 0 Å². The third kappa shape index (κ3) is 2.24. The molecule has 0 saturated carbocycles. The van der Waals surface area contributed by atoms with Crippen LogP contribution < -0.4 is 5.46 Å². The summed E-state index contributed by atoms with van der Waals surface area (Å²) >= 11 is 0. The van der Waals surface area contributed by atoms with Gasteiger partial charge in [-0.1, -0.05) is 60.1 Å². The second-order valence-corrected chi connectivity index (χ2v) is 4.97. The molecule has 0 N–H and O–H groups in total. The summed E-state index contributed by atoms with van der Waals surface area (Å²) in [6.07, 6.45) is 0. The maximum Gasteiger partial charge on any atom is 0.113 e.